The van der Waals surface area contributed by atoms with Crippen LogP contribution in [-0.2, 0) is 4.79 Å². The second-order valence-electron chi connectivity index (χ2n) is 7.83. The largest absolute Gasteiger partial charge is 0.394 e. The molecular formula is C23H23F3N2O2. The van der Waals surface area contributed by atoms with Gasteiger partial charge in [-0.3, -0.25) is 4.79 Å². The lowest BCUT2D eigenvalue weighted by Crippen LogP contribution is -2.55. The summed E-state index contributed by atoms with van der Waals surface area (Å²) in [7, 11) is 0. The number of benzene rings is 2. The molecule has 5 rings (SSSR count). The fourth-order valence-electron chi connectivity index (χ4n) is 3.76. The van der Waals surface area contributed by atoms with Gasteiger partial charge in [-0.2, -0.15) is 0 Å². The van der Waals surface area contributed by atoms with E-state index in [0.717, 1.165) is 31.9 Å². The van der Waals surface area contributed by atoms with E-state index in [2.05, 4.69) is 4.98 Å². The Labute approximate surface area is 172 Å². The monoisotopic (exact) mass is 416 g/mol. The summed E-state index contributed by atoms with van der Waals surface area (Å²) in [6.07, 6.45) is 4.31. The van der Waals surface area contributed by atoms with Gasteiger partial charge in [0, 0.05) is 29.6 Å². The van der Waals surface area contributed by atoms with Crippen molar-refractivity contribution in [3.8, 4) is 11.3 Å². The molecule has 0 spiro atoms. The highest BCUT2D eigenvalue weighted by molar-refractivity contribution is 5.86. The molecule has 7 heteroatoms. The van der Waals surface area contributed by atoms with Gasteiger partial charge < -0.3 is 15.0 Å². The fraction of sp³-hybridized carbons (Fsp3) is 0.348. The summed E-state index contributed by atoms with van der Waals surface area (Å²) in [6, 6.07) is 9.64. The molecule has 2 heterocycles. The molecular weight excluding hydrogens is 393 g/mol. The van der Waals surface area contributed by atoms with Crippen molar-refractivity contribution in [3.63, 3.8) is 0 Å². The van der Waals surface area contributed by atoms with Gasteiger partial charge in [0.2, 0.25) is 5.91 Å². The molecule has 30 heavy (non-hydrogen) atoms. The van der Waals surface area contributed by atoms with Crippen molar-refractivity contribution in [1.29, 1.82) is 0 Å². The lowest BCUT2D eigenvalue weighted by Gasteiger charge is -2.43. The van der Waals surface area contributed by atoms with E-state index in [1.165, 1.54) is 24.6 Å². The van der Waals surface area contributed by atoms with E-state index < -0.39 is 11.6 Å². The SMILES string of the molecule is Fc1ccc(-c2cc3cc(F)cc(F)c3[nH]2)cc1.O=C(C1CCC1)N1CCC1CO. The smallest absolute Gasteiger partial charge is 0.226 e. The average molecular weight is 416 g/mol. The normalized spacial score (nSPS) is 18.4. The van der Waals surface area contributed by atoms with Crippen LogP contribution in [0.15, 0.2) is 42.5 Å². The summed E-state index contributed by atoms with van der Waals surface area (Å²) in [4.78, 5) is 16.3. The van der Waals surface area contributed by atoms with E-state index >= 15 is 0 Å². The van der Waals surface area contributed by atoms with Gasteiger partial charge in [-0.25, -0.2) is 13.2 Å². The lowest BCUT2D eigenvalue weighted by atomic mass is 9.83. The van der Waals surface area contributed by atoms with Gasteiger partial charge in [0.15, 0.2) is 0 Å². The molecule has 3 aromatic rings. The van der Waals surface area contributed by atoms with Crippen LogP contribution in [0.5, 0.6) is 0 Å². The van der Waals surface area contributed by atoms with E-state index in [0.29, 0.717) is 22.6 Å². The van der Waals surface area contributed by atoms with E-state index in [9.17, 15) is 18.0 Å². The Morgan fingerprint density at radius 2 is 1.77 bits per heavy atom. The molecule has 1 aromatic heterocycles. The van der Waals surface area contributed by atoms with Crippen LogP contribution in [0.25, 0.3) is 22.2 Å². The molecule has 158 valence electrons. The molecule has 2 aromatic carbocycles. The summed E-state index contributed by atoms with van der Waals surface area (Å²) in [5.41, 5.74) is 1.58. The van der Waals surface area contributed by atoms with Crippen LogP contribution < -0.4 is 0 Å². The van der Waals surface area contributed by atoms with E-state index in [1.54, 1.807) is 18.2 Å². The Kier molecular flexibility index (Phi) is 5.81. The molecule has 1 aliphatic heterocycles. The number of aliphatic hydroxyl groups excluding tert-OH is 1. The second kappa shape index (κ2) is 8.52. The first-order valence-corrected chi connectivity index (χ1v) is 10.1. The summed E-state index contributed by atoms with van der Waals surface area (Å²) in [6.45, 7) is 0.999. The molecule has 1 unspecified atom stereocenters. The minimum atomic E-state index is -0.640. The highest BCUT2D eigenvalue weighted by Crippen LogP contribution is 2.31. The highest BCUT2D eigenvalue weighted by atomic mass is 19.1. The van der Waals surface area contributed by atoms with E-state index in [1.807, 2.05) is 4.90 Å². The molecule has 1 aliphatic carbocycles. The van der Waals surface area contributed by atoms with Crippen molar-refractivity contribution >= 4 is 16.8 Å². The van der Waals surface area contributed by atoms with E-state index in [4.69, 9.17) is 5.11 Å². The number of H-pyrrole nitrogens is 1. The van der Waals surface area contributed by atoms with Crippen molar-refractivity contribution in [2.24, 2.45) is 5.92 Å². The van der Waals surface area contributed by atoms with Crippen LogP contribution in [0.1, 0.15) is 25.7 Å². The Hall–Kier alpha value is -2.80. The van der Waals surface area contributed by atoms with Crippen molar-refractivity contribution in [2.45, 2.75) is 31.7 Å². The maximum Gasteiger partial charge on any atom is 0.226 e. The first-order chi connectivity index (χ1) is 14.5. The molecule has 0 radical (unpaired) electrons. The van der Waals surface area contributed by atoms with Crippen molar-refractivity contribution in [2.75, 3.05) is 13.2 Å². The standard InChI is InChI=1S/C14H8F3N.C9H15NO2/c15-10-3-1-8(2-4-10)13-6-9-5-11(16)7-12(17)14(9)18-13;11-6-8-4-5-10(8)9(12)7-2-1-3-7/h1-7,18H;7-8,11H,1-6H2. The number of aromatic nitrogens is 1. The van der Waals surface area contributed by atoms with Gasteiger partial charge in [0.1, 0.15) is 17.5 Å². The first-order valence-electron chi connectivity index (χ1n) is 10.1. The average Bonchev–Trinajstić information content (AvgIpc) is 3.05. The maximum absolute atomic E-state index is 13.5. The number of nitrogens with one attached hydrogen (secondary N) is 1. The minimum absolute atomic E-state index is 0.137. The number of nitrogens with zero attached hydrogens (tertiary/aromatic N) is 1. The number of carbonyl (C=O) groups excluding carboxylic acids is 1. The van der Waals surface area contributed by atoms with Gasteiger partial charge >= 0.3 is 0 Å². The number of aromatic amines is 1. The first kappa shape index (κ1) is 20.5. The Balaban J connectivity index is 0.000000158. The van der Waals surface area contributed by atoms with Crippen LogP contribution in [0.4, 0.5) is 13.2 Å². The molecule has 1 amide bonds. The number of hydrogen-bond donors (Lipinski definition) is 2. The number of hydrogen-bond acceptors (Lipinski definition) is 2. The third-order valence-electron chi connectivity index (χ3n) is 5.89. The van der Waals surface area contributed by atoms with Crippen LogP contribution in [0.3, 0.4) is 0 Å². The Morgan fingerprint density at radius 3 is 2.33 bits per heavy atom. The van der Waals surface area contributed by atoms with Gasteiger partial charge in [-0.15, -0.1) is 0 Å². The zero-order valence-corrected chi connectivity index (χ0v) is 16.4. The molecule has 2 fully saturated rings. The third kappa shape index (κ3) is 4.07. The summed E-state index contributed by atoms with van der Waals surface area (Å²) < 4.78 is 39.4. The number of likely N-dealkylation sites (tertiary alicyclic amines) is 1. The van der Waals surface area contributed by atoms with E-state index in [-0.39, 0.29) is 29.9 Å². The zero-order valence-electron chi connectivity index (χ0n) is 16.4. The molecule has 4 nitrogen and oxygen atoms in total. The zero-order chi connectivity index (χ0) is 21.3. The van der Waals surface area contributed by atoms with Gasteiger partial charge in [-0.1, -0.05) is 6.42 Å². The van der Waals surface area contributed by atoms with Crippen LogP contribution in [0, 0.1) is 23.4 Å². The second-order valence-corrected chi connectivity index (χ2v) is 7.83. The summed E-state index contributed by atoms with van der Waals surface area (Å²) >= 11 is 0. The van der Waals surface area contributed by atoms with Gasteiger partial charge in [0.25, 0.3) is 0 Å². The third-order valence-corrected chi connectivity index (χ3v) is 5.89. The summed E-state index contributed by atoms with van der Waals surface area (Å²) in [5.74, 6) is -1.03. The topological polar surface area (TPSA) is 56.3 Å². The predicted molar refractivity (Wildman–Crippen MR) is 108 cm³/mol. The molecule has 0 bridgehead atoms. The number of fused-ring (bicyclic) bond motifs is 1. The lowest BCUT2D eigenvalue weighted by molar-refractivity contribution is -0.147. The molecule has 2 aliphatic rings. The number of carbonyl (C=O) groups is 1. The number of aliphatic hydroxyl groups is 1. The highest BCUT2D eigenvalue weighted by Gasteiger charge is 2.37. The van der Waals surface area contributed by atoms with Crippen molar-refractivity contribution in [3.05, 3.63) is 59.9 Å². The summed E-state index contributed by atoms with van der Waals surface area (Å²) in [5, 5.41) is 9.33. The van der Waals surface area contributed by atoms with Gasteiger partial charge in [0.05, 0.1) is 18.2 Å². The van der Waals surface area contributed by atoms with Crippen molar-refractivity contribution in [1.82, 2.24) is 9.88 Å². The number of halogens is 3. The van der Waals surface area contributed by atoms with Crippen LogP contribution in [0.2, 0.25) is 0 Å². The van der Waals surface area contributed by atoms with Crippen molar-refractivity contribution < 1.29 is 23.1 Å². The Bertz CT molecular complexity index is 1040. The van der Waals surface area contributed by atoms with Crippen LogP contribution >= 0.6 is 0 Å². The minimum Gasteiger partial charge on any atom is -0.394 e. The molecule has 1 atom stereocenters. The quantitative estimate of drug-likeness (QED) is 0.654. The predicted octanol–water partition coefficient (Wildman–Crippen LogP) is 4.63. The number of rotatable bonds is 3. The fourth-order valence-corrected chi connectivity index (χ4v) is 3.76. The molecule has 1 saturated heterocycles. The molecule has 2 N–H and O–H groups in total. The van der Waals surface area contributed by atoms with Crippen LogP contribution in [-0.4, -0.2) is 40.1 Å². The molecule has 1 saturated carbocycles. The van der Waals surface area contributed by atoms with Gasteiger partial charge in [-0.05, 0) is 61.2 Å². The number of amides is 1. The Morgan fingerprint density at radius 1 is 1.03 bits per heavy atom. The maximum atomic E-state index is 13.5.